The molecule has 2 N–H and O–H groups in total. The highest BCUT2D eigenvalue weighted by molar-refractivity contribution is 5.89. The number of carbonyl (C=O) groups is 1. The predicted octanol–water partition coefficient (Wildman–Crippen LogP) is 3.94. The van der Waals surface area contributed by atoms with Crippen molar-refractivity contribution in [3.8, 4) is 0 Å². The Labute approximate surface area is 115 Å². The van der Waals surface area contributed by atoms with E-state index in [4.69, 9.17) is 0 Å². The lowest BCUT2D eigenvalue weighted by Gasteiger charge is -2.31. The summed E-state index contributed by atoms with van der Waals surface area (Å²) in [6, 6.07) is 6.60. The van der Waals surface area contributed by atoms with Crippen molar-refractivity contribution in [1.29, 1.82) is 0 Å². The van der Waals surface area contributed by atoms with Gasteiger partial charge in [0.05, 0.1) is 0 Å². The van der Waals surface area contributed by atoms with E-state index in [0.29, 0.717) is 6.04 Å². The Morgan fingerprint density at radius 1 is 1.26 bits per heavy atom. The van der Waals surface area contributed by atoms with E-state index >= 15 is 0 Å². The molecule has 0 radical (unpaired) electrons. The van der Waals surface area contributed by atoms with Crippen LogP contribution in [0.5, 0.6) is 0 Å². The van der Waals surface area contributed by atoms with Gasteiger partial charge in [0.15, 0.2) is 0 Å². The summed E-state index contributed by atoms with van der Waals surface area (Å²) in [4.78, 5) is 11.1. The highest BCUT2D eigenvalue weighted by Crippen LogP contribution is 2.29. The monoisotopic (exact) mass is 260 g/mol. The Morgan fingerprint density at radius 2 is 2.00 bits per heavy atom. The van der Waals surface area contributed by atoms with Crippen molar-refractivity contribution >= 4 is 17.3 Å². The fourth-order valence-electron chi connectivity index (χ4n) is 2.79. The second-order valence-corrected chi connectivity index (χ2v) is 5.72. The highest BCUT2D eigenvalue weighted by Gasteiger charge is 2.21. The van der Waals surface area contributed by atoms with Crippen molar-refractivity contribution in [3.63, 3.8) is 0 Å². The normalized spacial score (nSPS) is 22.9. The van der Waals surface area contributed by atoms with Gasteiger partial charge in [0.2, 0.25) is 5.91 Å². The van der Waals surface area contributed by atoms with Gasteiger partial charge in [-0.25, -0.2) is 0 Å². The zero-order valence-corrected chi connectivity index (χ0v) is 12.1. The third-order valence-corrected chi connectivity index (χ3v) is 4.01. The van der Waals surface area contributed by atoms with Crippen LogP contribution in [0.25, 0.3) is 0 Å². The number of aryl methyl sites for hydroxylation is 1. The SMILES string of the molecule is CC(=O)Nc1ccc(C)c(NC2CCCCC2C)c1. The van der Waals surface area contributed by atoms with Gasteiger partial charge in [0.1, 0.15) is 0 Å². The molecule has 0 bridgehead atoms. The van der Waals surface area contributed by atoms with E-state index in [0.717, 1.165) is 17.3 Å². The van der Waals surface area contributed by atoms with Crippen molar-refractivity contribution in [2.75, 3.05) is 10.6 Å². The summed E-state index contributed by atoms with van der Waals surface area (Å²) < 4.78 is 0. The largest absolute Gasteiger partial charge is 0.382 e. The zero-order chi connectivity index (χ0) is 13.8. The number of hydrogen-bond donors (Lipinski definition) is 2. The van der Waals surface area contributed by atoms with Gasteiger partial charge in [-0.1, -0.05) is 25.8 Å². The summed E-state index contributed by atoms with van der Waals surface area (Å²) in [5.74, 6) is 0.693. The average molecular weight is 260 g/mol. The molecule has 0 spiro atoms. The van der Waals surface area contributed by atoms with Gasteiger partial charge in [0, 0.05) is 24.3 Å². The Morgan fingerprint density at radius 3 is 2.68 bits per heavy atom. The summed E-state index contributed by atoms with van der Waals surface area (Å²) in [5, 5.41) is 6.50. The molecule has 19 heavy (non-hydrogen) atoms. The third-order valence-electron chi connectivity index (χ3n) is 4.01. The average Bonchev–Trinajstić information content (AvgIpc) is 2.35. The van der Waals surface area contributed by atoms with Crippen LogP contribution in [0.4, 0.5) is 11.4 Å². The van der Waals surface area contributed by atoms with E-state index < -0.39 is 0 Å². The number of rotatable bonds is 3. The summed E-state index contributed by atoms with van der Waals surface area (Å²) in [5.41, 5.74) is 3.24. The first-order valence-corrected chi connectivity index (χ1v) is 7.21. The molecule has 2 rings (SSSR count). The molecule has 0 aromatic heterocycles. The molecule has 2 unspecified atom stereocenters. The van der Waals surface area contributed by atoms with Gasteiger partial charge in [-0.05, 0) is 43.4 Å². The Bertz CT molecular complexity index is 456. The smallest absolute Gasteiger partial charge is 0.221 e. The first kappa shape index (κ1) is 13.9. The van der Waals surface area contributed by atoms with Crippen molar-refractivity contribution in [2.24, 2.45) is 5.92 Å². The molecule has 0 heterocycles. The van der Waals surface area contributed by atoms with Crippen molar-refractivity contribution in [2.45, 2.75) is 52.5 Å². The Kier molecular flexibility index (Phi) is 4.46. The van der Waals surface area contributed by atoms with Crippen LogP contribution in [0, 0.1) is 12.8 Å². The minimum atomic E-state index is -0.0270. The molecule has 1 aromatic carbocycles. The van der Waals surface area contributed by atoms with Crippen LogP contribution in [-0.2, 0) is 4.79 Å². The predicted molar refractivity (Wildman–Crippen MR) is 80.5 cm³/mol. The highest BCUT2D eigenvalue weighted by atomic mass is 16.1. The number of amides is 1. The summed E-state index contributed by atoms with van der Waals surface area (Å²) in [7, 11) is 0. The maximum absolute atomic E-state index is 11.1. The van der Waals surface area contributed by atoms with Crippen molar-refractivity contribution in [3.05, 3.63) is 23.8 Å². The second-order valence-electron chi connectivity index (χ2n) is 5.72. The number of benzene rings is 1. The molecule has 3 heteroatoms. The number of nitrogens with one attached hydrogen (secondary N) is 2. The number of anilines is 2. The minimum Gasteiger partial charge on any atom is -0.382 e. The standard InChI is InChI=1S/C16H24N2O/c1-11-6-4-5-7-15(11)18-16-10-14(17-13(3)19)9-8-12(16)2/h8-11,15,18H,4-7H2,1-3H3,(H,17,19). The lowest BCUT2D eigenvalue weighted by atomic mass is 9.85. The van der Waals surface area contributed by atoms with Gasteiger partial charge in [-0.2, -0.15) is 0 Å². The zero-order valence-electron chi connectivity index (χ0n) is 12.1. The van der Waals surface area contributed by atoms with Crippen molar-refractivity contribution < 1.29 is 4.79 Å². The van der Waals surface area contributed by atoms with E-state index in [2.05, 4.69) is 30.5 Å². The molecule has 0 aliphatic heterocycles. The lowest BCUT2D eigenvalue weighted by Crippen LogP contribution is -2.30. The molecular weight excluding hydrogens is 236 g/mol. The first-order chi connectivity index (χ1) is 9.06. The summed E-state index contributed by atoms with van der Waals surface area (Å²) in [6.07, 6.45) is 5.21. The Balaban J connectivity index is 2.11. The van der Waals surface area contributed by atoms with Gasteiger partial charge in [-0.3, -0.25) is 4.79 Å². The van der Waals surface area contributed by atoms with E-state index in [1.165, 1.54) is 38.2 Å². The topological polar surface area (TPSA) is 41.1 Å². The molecule has 1 aliphatic rings. The van der Waals surface area contributed by atoms with Gasteiger partial charge in [-0.15, -0.1) is 0 Å². The molecule has 0 saturated heterocycles. The molecule has 1 aromatic rings. The second kappa shape index (κ2) is 6.09. The first-order valence-electron chi connectivity index (χ1n) is 7.21. The van der Waals surface area contributed by atoms with Crippen LogP contribution in [0.2, 0.25) is 0 Å². The molecule has 3 nitrogen and oxygen atoms in total. The molecule has 1 fully saturated rings. The number of hydrogen-bond acceptors (Lipinski definition) is 2. The fraction of sp³-hybridized carbons (Fsp3) is 0.562. The van der Waals surface area contributed by atoms with Gasteiger partial charge >= 0.3 is 0 Å². The van der Waals surface area contributed by atoms with Crippen LogP contribution in [0.1, 0.15) is 45.1 Å². The van der Waals surface area contributed by atoms with E-state index in [9.17, 15) is 4.79 Å². The van der Waals surface area contributed by atoms with E-state index in [1.807, 2.05) is 12.1 Å². The van der Waals surface area contributed by atoms with Crippen LogP contribution >= 0.6 is 0 Å². The van der Waals surface area contributed by atoms with Crippen LogP contribution in [0.3, 0.4) is 0 Å². The molecule has 1 amide bonds. The molecule has 1 saturated carbocycles. The fourth-order valence-corrected chi connectivity index (χ4v) is 2.79. The maximum atomic E-state index is 11.1. The van der Waals surface area contributed by atoms with Crippen LogP contribution in [-0.4, -0.2) is 11.9 Å². The Hall–Kier alpha value is -1.51. The quantitative estimate of drug-likeness (QED) is 0.864. The van der Waals surface area contributed by atoms with Gasteiger partial charge < -0.3 is 10.6 Å². The lowest BCUT2D eigenvalue weighted by molar-refractivity contribution is -0.114. The van der Waals surface area contributed by atoms with E-state index in [1.54, 1.807) is 0 Å². The molecule has 1 aliphatic carbocycles. The summed E-state index contributed by atoms with van der Waals surface area (Å²) in [6.45, 7) is 5.97. The molecule has 2 atom stereocenters. The van der Waals surface area contributed by atoms with Crippen LogP contribution in [0.15, 0.2) is 18.2 Å². The molecular formula is C16H24N2O. The van der Waals surface area contributed by atoms with Crippen molar-refractivity contribution in [1.82, 2.24) is 0 Å². The minimum absolute atomic E-state index is 0.0270. The maximum Gasteiger partial charge on any atom is 0.221 e. The van der Waals surface area contributed by atoms with Gasteiger partial charge in [0.25, 0.3) is 0 Å². The summed E-state index contributed by atoms with van der Waals surface area (Å²) >= 11 is 0. The van der Waals surface area contributed by atoms with E-state index in [-0.39, 0.29) is 5.91 Å². The molecule has 104 valence electrons. The number of carbonyl (C=O) groups excluding carboxylic acids is 1. The van der Waals surface area contributed by atoms with Crippen LogP contribution < -0.4 is 10.6 Å². The third kappa shape index (κ3) is 3.72.